The lowest BCUT2D eigenvalue weighted by Crippen LogP contribution is -2.13. The van der Waals surface area contributed by atoms with E-state index in [9.17, 15) is 9.18 Å². The van der Waals surface area contributed by atoms with Crippen LogP contribution in [0.4, 0.5) is 10.1 Å². The molecule has 0 aliphatic rings. The molecule has 0 saturated carbocycles. The summed E-state index contributed by atoms with van der Waals surface area (Å²) >= 11 is 0. The van der Waals surface area contributed by atoms with Gasteiger partial charge in [0.1, 0.15) is 5.82 Å². The Hall–Kier alpha value is -1.89. The van der Waals surface area contributed by atoms with E-state index in [1.165, 1.54) is 18.2 Å². The van der Waals surface area contributed by atoms with Crippen molar-refractivity contribution in [2.75, 3.05) is 11.9 Å². The molecule has 0 bridgehead atoms. The lowest BCUT2D eigenvalue weighted by Gasteiger charge is -1.99. The number of hydrogen-bond donors (Lipinski definition) is 1. The smallest absolute Gasteiger partial charge is 0.304 e. The maximum absolute atomic E-state index is 12.6. The van der Waals surface area contributed by atoms with Gasteiger partial charge in [0.2, 0.25) is 0 Å². The molecule has 0 atom stereocenters. The number of benzene rings is 1. The maximum atomic E-state index is 12.6. The standard InChI is InChI=1S/C9H7FN2O/c1-11-6-9(13)12-8-4-2-3-7(10)5-8/h2-5H,6H2,(H,12,13). The fraction of sp³-hybridized carbons (Fsp3) is 0.111. The van der Waals surface area contributed by atoms with Crippen molar-refractivity contribution in [1.29, 1.82) is 0 Å². The first-order chi connectivity index (χ1) is 6.22. The molecule has 0 unspecified atom stereocenters. The zero-order valence-corrected chi connectivity index (χ0v) is 6.75. The largest absolute Gasteiger partial charge is 0.320 e. The quantitative estimate of drug-likeness (QED) is 0.687. The summed E-state index contributed by atoms with van der Waals surface area (Å²) in [7, 11) is 0. The molecular weight excluding hydrogens is 171 g/mol. The van der Waals surface area contributed by atoms with E-state index in [0.29, 0.717) is 5.69 Å². The molecule has 1 N–H and O–H groups in total. The molecule has 0 heterocycles. The summed E-state index contributed by atoms with van der Waals surface area (Å²) in [6.45, 7) is 6.19. The van der Waals surface area contributed by atoms with Crippen molar-refractivity contribution in [2.24, 2.45) is 0 Å². The van der Waals surface area contributed by atoms with Gasteiger partial charge in [-0.05, 0) is 18.2 Å². The van der Waals surface area contributed by atoms with E-state index in [1.54, 1.807) is 6.07 Å². The highest BCUT2D eigenvalue weighted by atomic mass is 19.1. The topological polar surface area (TPSA) is 33.5 Å². The van der Waals surface area contributed by atoms with Crippen LogP contribution in [-0.2, 0) is 4.79 Å². The van der Waals surface area contributed by atoms with Crippen LogP contribution in [-0.4, -0.2) is 12.5 Å². The van der Waals surface area contributed by atoms with Crippen LogP contribution in [0, 0.1) is 12.4 Å². The molecule has 0 radical (unpaired) electrons. The highest BCUT2D eigenvalue weighted by Gasteiger charge is 2.03. The van der Waals surface area contributed by atoms with Gasteiger partial charge in [-0.15, -0.1) is 0 Å². The van der Waals surface area contributed by atoms with Crippen LogP contribution in [0.5, 0.6) is 0 Å². The highest BCUT2D eigenvalue weighted by Crippen LogP contribution is 2.08. The van der Waals surface area contributed by atoms with E-state index in [-0.39, 0.29) is 6.54 Å². The molecule has 0 aromatic heterocycles. The van der Waals surface area contributed by atoms with Gasteiger partial charge in [0, 0.05) is 5.69 Å². The van der Waals surface area contributed by atoms with Crippen molar-refractivity contribution in [1.82, 2.24) is 0 Å². The number of carbonyl (C=O) groups excluding carboxylic acids is 1. The zero-order valence-electron chi connectivity index (χ0n) is 6.75. The molecule has 0 aliphatic heterocycles. The first-order valence-electron chi connectivity index (χ1n) is 3.61. The van der Waals surface area contributed by atoms with Crippen LogP contribution in [0.15, 0.2) is 24.3 Å². The number of nitrogens with one attached hydrogen (secondary N) is 1. The Morgan fingerprint density at radius 2 is 2.38 bits per heavy atom. The molecule has 66 valence electrons. The summed E-state index contributed by atoms with van der Waals surface area (Å²) in [5.74, 6) is -0.846. The predicted molar refractivity (Wildman–Crippen MR) is 46.5 cm³/mol. The molecule has 13 heavy (non-hydrogen) atoms. The summed E-state index contributed by atoms with van der Waals surface area (Å²) in [4.78, 5) is 13.8. The average Bonchev–Trinajstić information content (AvgIpc) is 2.04. The van der Waals surface area contributed by atoms with Gasteiger partial charge in [0.15, 0.2) is 0 Å². The van der Waals surface area contributed by atoms with Gasteiger partial charge in [0.25, 0.3) is 6.54 Å². The monoisotopic (exact) mass is 178 g/mol. The predicted octanol–water partition coefficient (Wildman–Crippen LogP) is 1.68. The molecule has 3 nitrogen and oxygen atoms in total. The average molecular weight is 178 g/mol. The minimum Gasteiger partial charge on any atom is -0.320 e. The third-order valence-corrected chi connectivity index (χ3v) is 1.33. The van der Waals surface area contributed by atoms with E-state index in [1.807, 2.05) is 0 Å². The van der Waals surface area contributed by atoms with Gasteiger partial charge in [0.05, 0.1) is 0 Å². The Morgan fingerprint density at radius 1 is 1.62 bits per heavy atom. The third-order valence-electron chi connectivity index (χ3n) is 1.33. The van der Waals surface area contributed by atoms with E-state index in [4.69, 9.17) is 6.57 Å². The molecular formula is C9H7FN2O. The third kappa shape index (κ3) is 2.91. The number of hydrogen-bond acceptors (Lipinski definition) is 1. The molecule has 4 heteroatoms. The molecule has 1 aromatic rings. The molecule has 0 fully saturated rings. The van der Waals surface area contributed by atoms with Crippen LogP contribution in [0.2, 0.25) is 0 Å². The van der Waals surface area contributed by atoms with E-state index < -0.39 is 11.7 Å². The van der Waals surface area contributed by atoms with Crippen molar-refractivity contribution >= 4 is 11.6 Å². The van der Waals surface area contributed by atoms with E-state index >= 15 is 0 Å². The van der Waals surface area contributed by atoms with Crippen molar-refractivity contribution < 1.29 is 9.18 Å². The minimum absolute atomic E-state index is 0.240. The van der Waals surface area contributed by atoms with Gasteiger partial charge < -0.3 is 10.2 Å². The summed E-state index contributed by atoms with van der Waals surface area (Å²) in [5.41, 5.74) is 0.369. The number of amides is 1. The molecule has 0 aliphatic carbocycles. The SMILES string of the molecule is [C-]#[N+]CC(=O)Nc1cccc(F)c1. The van der Waals surface area contributed by atoms with Crippen LogP contribution in [0.1, 0.15) is 0 Å². The van der Waals surface area contributed by atoms with Crippen LogP contribution in [0.3, 0.4) is 0 Å². The second kappa shape index (κ2) is 4.21. The fourth-order valence-corrected chi connectivity index (χ4v) is 0.839. The number of rotatable bonds is 2. The molecule has 1 rings (SSSR count). The number of carbonyl (C=O) groups is 1. The van der Waals surface area contributed by atoms with Gasteiger partial charge >= 0.3 is 5.91 Å². The molecule has 1 aromatic carbocycles. The fourth-order valence-electron chi connectivity index (χ4n) is 0.839. The van der Waals surface area contributed by atoms with E-state index in [2.05, 4.69) is 10.2 Å². The Balaban J connectivity index is 2.65. The van der Waals surface area contributed by atoms with Crippen molar-refractivity contribution in [3.05, 3.63) is 41.5 Å². The maximum Gasteiger partial charge on any atom is 0.304 e. The molecule has 0 spiro atoms. The summed E-state index contributed by atoms with van der Waals surface area (Å²) < 4.78 is 12.6. The van der Waals surface area contributed by atoms with Crippen molar-refractivity contribution in [3.63, 3.8) is 0 Å². The number of nitrogens with zero attached hydrogens (tertiary/aromatic N) is 1. The van der Waals surface area contributed by atoms with Gasteiger partial charge in [-0.3, -0.25) is 4.79 Å². The van der Waals surface area contributed by atoms with Crippen molar-refractivity contribution in [3.8, 4) is 0 Å². The Morgan fingerprint density at radius 3 is 3.00 bits per heavy atom. The first-order valence-corrected chi connectivity index (χ1v) is 3.61. The summed E-state index contributed by atoms with van der Waals surface area (Å²) in [6.07, 6.45) is 0. The Labute approximate surface area is 75.0 Å². The Kier molecular flexibility index (Phi) is 2.98. The van der Waals surface area contributed by atoms with Gasteiger partial charge in [-0.1, -0.05) is 6.07 Å². The van der Waals surface area contributed by atoms with Crippen LogP contribution >= 0.6 is 0 Å². The van der Waals surface area contributed by atoms with Gasteiger partial charge in [-0.25, -0.2) is 11.0 Å². The van der Waals surface area contributed by atoms with E-state index in [0.717, 1.165) is 0 Å². The van der Waals surface area contributed by atoms with Crippen LogP contribution < -0.4 is 5.32 Å². The molecule has 1 amide bonds. The zero-order chi connectivity index (χ0) is 9.68. The van der Waals surface area contributed by atoms with Gasteiger partial charge in [-0.2, -0.15) is 0 Å². The molecule has 0 saturated heterocycles. The van der Waals surface area contributed by atoms with Crippen molar-refractivity contribution in [2.45, 2.75) is 0 Å². The lowest BCUT2D eigenvalue weighted by molar-refractivity contribution is -0.114. The lowest BCUT2D eigenvalue weighted by atomic mass is 10.3. The number of halogens is 1. The second-order valence-corrected chi connectivity index (χ2v) is 2.37. The van der Waals surface area contributed by atoms with Crippen LogP contribution in [0.25, 0.3) is 4.85 Å². The Bertz CT molecular complexity index is 357. The summed E-state index contributed by atoms with van der Waals surface area (Å²) in [5, 5.41) is 2.39. The summed E-state index contributed by atoms with van der Waals surface area (Å²) in [6, 6.07) is 5.53. The normalized spacial score (nSPS) is 8.92. The number of anilines is 1. The second-order valence-electron chi connectivity index (χ2n) is 2.37. The highest BCUT2D eigenvalue weighted by molar-refractivity contribution is 5.93. The minimum atomic E-state index is -0.430. The first kappa shape index (κ1) is 9.20.